The highest BCUT2D eigenvalue weighted by atomic mass is 16.5. The Morgan fingerprint density at radius 1 is 1.14 bits per heavy atom. The van der Waals surface area contributed by atoms with E-state index >= 15 is 0 Å². The molecule has 1 aromatic carbocycles. The number of nitrogens with zero attached hydrogens (tertiary/aromatic N) is 2. The fourth-order valence-electron chi connectivity index (χ4n) is 1.82. The van der Waals surface area contributed by atoms with Crippen molar-refractivity contribution in [3.8, 4) is 22.9 Å². The molecule has 0 unspecified atom stereocenters. The van der Waals surface area contributed by atoms with Crippen molar-refractivity contribution in [2.45, 2.75) is 26.8 Å². The first-order chi connectivity index (χ1) is 9.86. The van der Waals surface area contributed by atoms with Crippen molar-refractivity contribution in [3.63, 3.8) is 0 Å². The molecule has 0 fully saturated rings. The predicted octanol–water partition coefficient (Wildman–Crippen LogP) is 2.80. The van der Waals surface area contributed by atoms with Crippen LogP contribution in [0.4, 0.5) is 0 Å². The van der Waals surface area contributed by atoms with E-state index in [0.717, 1.165) is 5.56 Å². The van der Waals surface area contributed by atoms with Crippen molar-refractivity contribution < 1.29 is 14.0 Å². The van der Waals surface area contributed by atoms with E-state index in [0.29, 0.717) is 23.2 Å². The fourth-order valence-corrected chi connectivity index (χ4v) is 1.82. The fraction of sp³-hybridized carbons (Fsp3) is 0.467. The van der Waals surface area contributed by atoms with E-state index in [1.807, 2.05) is 26.8 Å². The Morgan fingerprint density at radius 2 is 1.81 bits per heavy atom. The maximum Gasteiger partial charge on any atom is 0.244 e. The van der Waals surface area contributed by atoms with Crippen LogP contribution in [0.1, 0.15) is 32.7 Å². The highest BCUT2D eigenvalue weighted by Crippen LogP contribution is 2.33. The molecule has 0 aliphatic rings. The Morgan fingerprint density at radius 3 is 2.38 bits per heavy atom. The normalized spacial score (nSPS) is 13.0. The van der Waals surface area contributed by atoms with Crippen molar-refractivity contribution in [1.82, 2.24) is 10.1 Å². The minimum Gasteiger partial charge on any atom is -0.493 e. The molecule has 6 heteroatoms. The van der Waals surface area contributed by atoms with Crippen molar-refractivity contribution in [1.29, 1.82) is 0 Å². The van der Waals surface area contributed by atoms with Gasteiger partial charge >= 0.3 is 0 Å². The maximum atomic E-state index is 6.12. The molecular formula is C15H21N3O3. The molecule has 1 atom stereocenters. The molecule has 1 heterocycles. The third kappa shape index (κ3) is 3.16. The third-order valence-electron chi connectivity index (χ3n) is 3.28. The van der Waals surface area contributed by atoms with Crippen LogP contribution in [-0.2, 0) is 0 Å². The van der Waals surface area contributed by atoms with Crippen LogP contribution in [-0.4, -0.2) is 24.4 Å². The van der Waals surface area contributed by atoms with Crippen molar-refractivity contribution >= 4 is 0 Å². The average molecular weight is 291 g/mol. The van der Waals surface area contributed by atoms with E-state index in [1.165, 1.54) is 0 Å². The van der Waals surface area contributed by atoms with Gasteiger partial charge in [-0.05, 0) is 23.6 Å². The Balaban J connectivity index is 2.34. The molecule has 21 heavy (non-hydrogen) atoms. The number of benzene rings is 1. The molecule has 0 saturated heterocycles. The quantitative estimate of drug-likeness (QED) is 0.932. The summed E-state index contributed by atoms with van der Waals surface area (Å²) in [4.78, 5) is 4.38. The van der Waals surface area contributed by atoms with E-state index < -0.39 is 0 Å². The van der Waals surface area contributed by atoms with Crippen LogP contribution < -0.4 is 15.2 Å². The van der Waals surface area contributed by atoms with Gasteiger partial charge in [-0.3, -0.25) is 0 Å². The zero-order valence-corrected chi connectivity index (χ0v) is 13.0. The highest BCUT2D eigenvalue weighted by molar-refractivity contribution is 5.60. The maximum absolute atomic E-state index is 6.12. The highest BCUT2D eigenvalue weighted by Gasteiger charge is 2.27. The summed E-state index contributed by atoms with van der Waals surface area (Å²) >= 11 is 0. The van der Waals surface area contributed by atoms with Gasteiger partial charge in [-0.25, -0.2) is 0 Å². The lowest BCUT2D eigenvalue weighted by molar-refractivity contribution is 0.253. The second-order valence-electron chi connectivity index (χ2n) is 5.87. The van der Waals surface area contributed by atoms with Crippen molar-refractivity contribution in [2.75, 3.05) is 14.2 Å². The van der Waals surface area contributed by atoms with E-state index in [4.69, 9.17) is 19.7 Å². The van der Waals surface area contributed by atoms with Gasteiger partial charge in [0.2, 0.25) is 11.7 Å². The van der Waals surface area contributed by atoms with Gasteiger partial charge in [0.25, 0.3) is 0 Å². The summed E-state index contributed by atoms with van der Waals surface area (Å²) in [5.41, 5.74) is 6.75. The summed E-state index contributed by atoms with van der Waals surface area (Å²) in [6.45, 7) is 6.08. The Hall–Kier alpha value is -2.08. The first-order valence-corrected chi connectivity index (χ1v) is 6.68. The van der Waals surface area contributed by atoms with Crippen LogP contribution >= 0.6 is 0 Å². The molecule has 2 N–H and O–H groups in total. The number of hydrogen-bond donors (Lipinski definition) is 1. The molecule has 0 radical (unpaired) electrons. The SMILES string of the molecule is COc1ccc(-c2noc([C@H](N)C(C)(C)C)n2)cc1OC. The van der Waals surface area contributed by atoms with Crippen molar-refractivity contribution in [3.05, 3.63) is 24.1 Å². The van der Waals surface area contributed by atoms with Crippen LogP contribution in [0.25, 0.3) is 11.4 Å². The lowest BCUT2D eigenvalue weighted by Gasteiger charge is -2.23. The summed E-state index contributed by atoms with van der Waals surface area (Å²) in [6, 6.07) is 5.13. The zero-order valence-electron chi connectivity index (χ0n) is 13.0. The molecule has 2 rings (SSSR count). The summed E-state index contributed by atoms with van der Waals surface area (Å²) in [7, 11) is 3.17. The number of methoxy groups -OCH3 is 2. The first kappa shape index (κ1) is 15.3. The largest absolute Gasteiger partial charge is 0.493 e. The second kappa shape index (κ2) is 5.73. The van der Waals surface area contributed by atoms with Crippen LogP contribution in [0.3, 0.4) is 0 Å². The lowest BCUT2D eigenvalue weighted by Crippen LogP contribution is -2.26. The molecule has 0 amide bonds. The van der Waals surface area contributed by atoms with Gasteiger partial charge in [-0.1, -0.05) is 25.9 Å². The van der Waals surface area contributed by atoms with Crippen LogP contribution in [0, 0.1) is 5.41 Å². The number of rotatable bonds is 4. The molecule has 0 bridgehead atoms. The summed E-state index contributed by atoms with van der Waals surface area (Å²) in [5.74, 6) is 2.16. The second-order valence-corrected chi connectivity index (χ2v) is 5.87. The van der Waals surface area contributed by atoms with Gasteiger partial charge in [0.1, 0.15) is 0 Å². The number of hydrogen-bond acceptors (Lipinski definition) is 6. The number of aromatic nitrogens is 2. The summed E-state index contributed by atoms with van der Waals surface area (Å²) in [5, 5.41) is 3.99. The van der Waals surface area contributed by atoms with Crippen LogP contribution in [0.5, 0.6) is 11.5 Å². The smallest absolute Gasteiger partial charge is 0.244 e. The summed E-state index contributed by atoms with van der Waals surface area (Å²) in [6.07, 6.45) is 0. The minimum atomic E-state index is -0.320. The van der Waals surface area contributed by atoms with Gasteiger partial charge in [0.05, 0.1) is 20.3 Å². The van der Waals surface area contributed by atoms with Gasteiger partial charge in [-0.2, -0.15) is 4.98 Å². The topological polar surface area (TPSA) is 83.4 Å². The Bertz CT molecular complexity index is 617. The minimum absolute atomic E-state index is 0.151. The standard InChI is InChI=1S/C15H21N3O3/c1-15(2,3)12(16)14-17-13(18-21-14)9-6-7-10(19-4)11(8-9)20-5/h6-8,12H,16H2,1-5H3/t12-/m0/s1. The van der Waals surface area contributed by atoms with E-state index in [9.17, 15) is 0 Å². The molecule has 0 saturated carbocycles. The molecule has 6 nitrogen and oxygen atoms in total. The van der Waals surface area contributed by atoms with Gasteiger partial charge < -0.3 is 19.7 Å². The van der Waals surface area contributed by atoms with Gasteiger partial charge in [0.15, 0.2) is 11.5 Å². The lowest BCUT2D eigenvalue weighted by atomic mass is 9.87. The van der Waals surface area contributed by atoms with E-state index in [1.54, 1.807) is 26.4 Å². The first-order valence-electron chi connectivity index (χ1n) is 6.68. The van der Waals surface area contributed by atoms with E-state index in [-0.39, 0.29) is 11.5 Å². The van der Waals surface area contributed by atoms with Gasteiger partial charge in [-0.15, -0.1) is 0 Å². The molecule has 2 aromatic rings. The monoisotopic (exact) mass is 291 g/mol. The summed E-state index contributed by atoms with van der Waals surface area (Å²) < 4.78 is 15.8. The molecule has 0 aliphatic carbocycles. The molecular weight excluding hydrogens is 270 g/mol. The number of ether oxygens (including phenoxy) is 2. The van der Waals surface area contributed by atoms with E-state index in [2.05, 4.69) is 10.1 Å². The molecule has 1 aromatic heterocycles. The molecule has 114 valence electrons. The van der Waals surface area contributed by atoms with Gasteiger partial charge in [0, 0.05) is 5.56 Å². The number of nitrogens with two attached hydrogens (primary N) is 1. The molecule has 0 spiro atoms. The zero-order chi connectivity index (χ0) is 15.6. The average Bonchev–Trinajstić information content (AvgIpc) is 2.94. The Kier molecular flexibility index (Phi) is 4.18. The van der Waals surface area contributed by atoms with Crippen LogP contribution in [0.15, 0.2) is 22.7 Å². The van der Waals surface area contributed by atoms with Crippen LogP contribution in [0.2, 0.25) is 0 Å². The molecule has 0 aliphatic heterocycles. The predicted molar refractivity (Wildman–Crippen MR) is 79.2 cm³/mol. The third-order valence-corrected chi connectivity index (χ3v) is 3.28. The Labute approximate surface area is 124 Å². The van der Waals surface area contributed by atoms with Crippen molar-refractivity contribution in [2.24, 2.45) is 11.1 Å².